The zero-order valence-corrected chi connectivity index (χ0v) is 18.7. The molecule has 2 N–H and O–H groups in total. The summed E-state index contributed by atoms with van der Waals surface area (Å²) in [5, 5.41) is 0. The van der Waals surface area contributed by atoms with Crippen LogP contribution in [0, 0.1) is 11.6 Å². The van der Waals surface area contributed by atoms with E-state index < -0.39 is 11.6 Å². The van der Waals surface area contributed by atoms with E-state index in [9.17, 15) is 13.6 Å². The first-order valence-electron chi connectivity index (χ1n) is 8.68. The van der Waals surface area contributed by atoms with Gasteiger partial charge in [-0.15, -0.1) is 0 Å². The van der Waals surface area contributed by atoms with E-state index in [0.29, 0.717) is 20.8 Å². The molecule has 144 valence electrons. The first-order valence-corrected chi connectivity index (χ1v) is 9.83. The Morgan fingerprint density at radius 2 is 1.93 bits per heavy atom. The van der Waals surface area contributed by atoms with Gasteiger partial charge in [-0.3, -0.25) is 9.78 Å². The predicted molar refractivity (Wildman–Crippen MR) is 99.1 cm³/mol. The Kier molecular flexibility index (Phi) is 8.47. The van der Waals surface area contributed by atoms with Crippen molar-refractivity contribution < 1.29 is 34.6 Å². The Labute approximate surface area is 174 Å². The van der Waals surface area contributed by atoms with Crippen molar-refractivity contribution in [3.05, 3.63) is 65.5 Å². The van der Waals surface area contributed by atoms with Crippen molar-refractivity contribution in [3.8, 4) is 0 Å². The van der Waals surface area contributed by atoms with E-state index >= 15 is 0 Å². The van der Waals surface area contributed by atoms with Gasteiger partial charge in [0.05, 0.1) is 0 Å². The van der Waals surface area contributed by atoms with Crippen LogP contribution >= 0.6 is 8.73 Å². The molecule has 1 aliphatic heterocycles. The number of rotatable bonds is 6. The minimum absolute atomic E-state index is 0. The molecule has 2 heterocycles. The summed E-state index contributed by atoms with van der Waals surface area (Å²) < 4.78 is 28.4. The number of carbonyl (C=O) groups excluding carboxylic acids is 1. The van der Waals surface area contributed by atoms with Gasteiger partial charge in [-0.1, -0.05) is 6.07 Å². The van der Waals surface area contributed by atoms with Gasteiger partial charge in [0, 0.05) is 58.4 Å². The van der Waals surface area contributed by atoms with E-state index in [-0.39, 0.29) is 45.4 Å². The van der Waals surface area contributed by atoms with Crippen molar-refractivity contribution in [1.29, 1.82) is 0 Å². The van der Waals surface area contributed by atoms with Crippen molar-refractivity contribution in [2.75, 3.05) is 12.7 Å². The molecule has 3 unspecified atom stereocenters. The molecule has 1 aromatic heterocycles. The third kappa shape index (κ3) is 5.88. The van der Waals surface area contributed by atoms with E-state index in [1.165, 1.54) is 11.6 Å². The second-order valence-corrected chi connectivity index (χ2v) is 7.88. The maximum absolute atomic E-state index is 13.5. The summed E-state index contributed by atoms with van der Waals surface area (Å²) in [4.78, 5) is 16.4. The fraction of sp³-hybridized carbons (Fsp3) is 0.368. The number of piperidine rings is 1. The second kappa shape index (κ2) is 10.4. The number of benzene rings is 1. The standard InChI is InChI=1S/C19H22F2N3OP.W/c20-16-4-3-14(10-17(16)21)15-11-19(25)24(12-18(15)22)26-9-1-2-13-5-7-23-8-6-13;/h3-8,10,15,18,26H,1-2,9,11-12,22H2;. The third-order valence-corrected chi connectivity index (χ3v) is 6.06. The number of aryl methyl sites for hydroxylation is 1. The molecule has 8 heteroatoms. The summed E-state index contributed by atoms with van der Waals surface area (Å²) in [7, 11) is 0.397. The van der Waals surface area contributed by atoms with E-state index in [4.69, 9.17) is 5.73 Å². The molecule has 0 spiro atoms. The van der Waals surface area contributed by atoms with Crippen LogP contribution in [0.25, 0.3) is 0 Å². The number of nitrogens with two attached hydrogens (primary N) is 1. The molecule has 1 aliphatic rings. The third-order valence-electron chi connectivity index (χ3n) is 4.67. The number of carbonyl (C=O) groups is 1. The summed E-state index contributed by atoms with van der Waals surface area (Å²) in [5.41, 5.74) is 8.06. The number of pyridine rings is 1. The average molecular weight is 561 g/mol. The molecule has 27 heavy (non-hydrogen) atoms. The predicted octanol–water partition coefficient (Wildman–Crippen LogP) is 3.23. The van der Waals surface area contributed by atoms with Crippen LogP contribution < -0.4 is 5.73 Å². The van der Waals surface area contributed by atoms with Gasteiger partial charge in [-0.05, 0) is 63.1 Å². The number of hydrogen-bond donors (Lipinski definition) is 1. The Morgan fingerprint density at radius 3 is 2.63 bits per heavy atom. The van der Waals surface area contributed by atoms with Crippen LogP contribution in [0.4, 0.5) is 8.78 Å². The maximum Gasteiger partial charge on any atom is 0.226 e. The summed E-state index contributed by atoms with van der Waals surface area (Å²) >= 11 is 0. The number of nitrogens with zero attached hydrogens (tertiary/aromatic N) is 2. The summed E-state index contributed by atoms with van der Waals surface area (Å²) in [5.74, 6) is -2.02. The second-order valence-electron chi connectivity index (χ2n) is 6.52. The van der Waals surface area contributed by atoms with Gasteiger partial charge in [0.25, 0.3) is 0 Å². The van der Waals surface area contributed by atoms with E-state index in [1.807, 2.05) is 16.8 Å². The van der Waals surface area contributed by atoms with Crippen molar-refractivity contribution in [3.63, 3.8) is 0 Å². The molecule has 4 nitrogen and oxygen atoms in total. The van der Waals surface area contributed by atoms with Crippen LogP contribution in [0.15, 0.2) is 42.7 Å². The molecular weight excluding hydrogens is 539 g/mol. The van der Waals surface area contributed by atoms with Gasteiger partial charge >= 0.3 is 0 Å². The Balaban J connectivity index is 0.00000261. The molecule has 1 fully saturated rings. The van der Waals surface area contributed by atoms with Crippen molar-refractivity contribution in [1.82, 2.24) is 9.65 Å². The smallest absolute Gasteiger partial charge is 0.226 e. The van der Waals surface area contributed by atoms with Gasteiger partial charge in [-0.2, -0.15) is 0 Å². The van der Waals surface area contributed by atoms with Crippen LogP contribution in [0.2, 0.25) is 0 Å². The van der Waals surface area contributed by atoms with Crippen molar-refractivity contribution >= 4 is 14.6 Å². The monoisotopic (exact) mass is 561 g/mol. The molecule has 0 saturated carbocycles. The normalized spacial score (nSPS) is 20.1. The van der Waals surface area contributed by atoms with Crippen molar-refractivity contribution in [2.24, 2.45) is 5.73 Å². The van der Waals surface area contributed by atoms with Gasteiger partial charge in [-0.25, -0.2) is 8.78 Å². The summed E-state index contributed by atoms with van der Waals surface area (Å²) in [6, 6.07) is 7.48. The van der Waals surface area contributed by atoms with E-state index in [1.54, 1.807) is 12.4 Å². The van der Waals surface area contributed by atoms with Gasteiger partial charge in [0.2, 0.25) is 5.91 Å². The fourth-order valence-electron chi connectivity index (χ4n) is 3.21. The number of aromatic nitrogens is 1. The van der Waals surface area contributed by atoms with Crippen molar-refractivity contribution in [2.45, 2.75) is 31.2 Å². The molecule has 3 atom stereocenters. The van der Waals surface area contributed by atoms with Crippen LogP contribution in [0.1, 0.15) is 29.9 Å². The minimum atomic E-state index is -0.900. The van der Waals surface area contributed by atoms with E-state index in [2.05, 4.69) is 4.98 Å². The van der Waals surface area contributed by atoms with Gasteiger partial charge < -0.3 is 10.4 Å². The van der Waals surface area contributed by atoms with Crippen LogP contribution in [0.5, 0.6) is 0 Å². The van der Waals surface area contributed by atoms with Crippen LogP contribution in [-0.2, 0) is 32.3 Å². The first-order chi connectivity index (χ1) is 12.5. The molecule has 0 bridgehead atoms. The van der Waals surface area contributed by atoms with Gasteiger partial charge in [0.1, 0.15) is 0 Å². The number of amides is 1. The molecule has 1 saturated heterocycles. The van der Waals surface area contributed by atoms with Crippen LogP contribution in [-0.4, -0.2) is 34.3 Å². The SMILES string of the molecule is NC1CN(PCCCc2ccncc2)C(=O)CC1c1ccc(F)c(F)c1.[W]. The molecule has 3 rings (SSSR count). The number of halogens is 2. The topological polar surface area (TPSA) is 59.2 Å². The van der Waals surface area contributed by atoms with E-state index in [0.717, 1.165) is 31.1 Å². The van der Waals surface area contributed by atoms with Crippen LogP contribution in [0.3, 0.4) is 0 Å². The molecular formula is C19H22F2N3OPW. The average Bonchev–Trinajstić information content (AvgIpc) is 2.64. The zero-order valence-electron chi connectivity index (χ0n) is 14.8. The zero-order chi connectivity index (χ0) is 18.5. The quantitative estimate of drug-likeness (QED) is 0.436. The molecule has 1 aromatic carbocycles. The first kappa shape index (κ1) is 22.1. The van der Waals surface area contributed by atoms with Gasteiger partial charge in [0.15, 0.2) is 11.6 Å². The molecule has 0 aliphatic carbocycles. The Morgan fingerprint density at radius 1 is 1.19 bits per heavy atom. The Bertz CT molecular complexity index is 766. The summed E-state index contributed by atoms with van der Waals surface area (Å²) in [6.45, 7) is 0.455. The fourth-order valence-corrected chi connectivity index (χ4v) is 4.42. The molecule has 0 radical (unpaired) electrons. The molecule has 1 amide bonds. The Hall–Kier alpha value is -1.22. The molecule has 2 aromatic rings. The number of hydrogen-bond acceptors (Lipinski definition) is 3. The largest absolute Gasteiger partial charge is 0.326 e. The summed E-state index contributed by atoms with van der Waals surface area (Å²) in [6.07, 6.45) is 6.68. The maximum atomic E-state index is 13.5. The minimum Gasteiger partial charge on any atom is -0.326 e.